The molecule has 2 heterocycles. The van der Waals surface area contributed by atoms with E-state index in [1.807, 2.05) is 11.3 Å². The van der Waals surface area contributed by atoms with E-state index in [9.17, 15) is 0 Å². The zero-order valence-corrected chi connectivity index (χ0v) is 33.4. The molecule has 0 N–H and O–H groups in total. The lowest BCUT2D eigenvalue weighted by molar-refractivity contribution is 1.19. The van der Waals surface area contributed by atoms with Crippen LogP contribution in [-0.4, -0.2) is 4.57 Å². The summed E-state index contributed by atoms with van der Waals surface area (Å²) in [6.45, 7) is 0. The first-order chi connectivity index (χ1) is 29.8. The van der Waals surface area contributed by atoms with Crippen LogP contribution in [-0.2, 0) is 0 Å². The first kappa shape index (κ1) is 33.5. The van der Waals surface area contributed by atoms with Crippen LogP contribution in [0.15, 0.2) is 212 Å². The molecule has 2 aromatic heterocycles. The molecule has 0 spiro atoms. The monoisotopic (exact) mass is 777 g/mol. The Balaban J connectivity index is 1.11. The van der Waals surface area contributed by atoms with Crippen molar-refractivity contribution in [3.05, 3.63) is 212 Å². The fourth-order valence-electron chi connectivity index (χ4n) is 10.1. The summed E-state index contributed by atoms with van der Waals surface area (Å²) in [7, 11) is 0. The summed E-state index contributed by atoms with van der Waals surface area (Å²) in [6, 6.07) is 78.7. The van der Waals surface area contributed by atoms with Crippen LogP contribution in [0.2, 0.25) is 0 Å². The lowest BCUT2D eigenvalue weighted by Gasteiger charge is -2.20. The molecular formula is C58H35NS. The molecule has 0 aliphatic heterocycles. The van der Waals surface area contributed by atoms with Gasteiger partial charge in [0.2, 0.25) is 0 Å². The summed E-state index contributed by atoms with van der Waals surface area (Å²) in [6.07, 6.45) is 0. The number of nitrogens with zero attached hydrogens (tertiary/aromatic N) is 1. The van der Waals surface area contributed by atoms with Crippen molar-refractivity contribution in [3.63, 3.8) is 0 Å². The van der Waals surface area contributed by atoms with Gasteiger partial charge in [-0.15, -0.1) is 11.3 Å². The molecule has 13 rings (SSSR count). The van der Waals surface area contributed by atoms with Crippen LogP contribution in [0.5, 0.6) is 0 Å². The van der Waals surface area contributed by atoms with Gasteiger partial charge in [0.1, 0.15) is 0 Å². The highest BCUT2D eigenvalue weighted by molar-refractivity contribution is 7.26. The van der Waals surface area contributed by atoms with E-state index in [0.717, 1.165) is 0 Å². The van der Waals surface area contributed by atoms with Crippen LogP contribution in [0.3, 0.4) is 0 Å². The molecule has 0 fully saturated rings. The standard InChI is InChI=1S/C58H35NS/c1-2-16-41(17-3-1)59-52-33-32-49-43-19-12-13-25-53(43)60-58(49)56(52)51-35-50(42-18-6-11-24-48(42)57(51)59)55-46-22-9-7-20-44(46)54(45-21-8-10-23-47(45)55)38-29-26-37(27-30-38)40-31-28-36-14-4-5-15-39(36)34-40/h1-35H. The van der Waals surface area contributed by atoms with E-state index in [4.69, 9.17) is 0 Å². The smallest absolute Gasteiger partial charge is 0.0620 e. The molecule has 60 heavy (non-hydrogen) atoms. The van der Waals surface area contributed by atoms with Crippen LogP contribution in [0.25, 0.3) is 124 Å². The molecule has 0 bridgehead atoms. The molecule has 278 valence electrons. The van der Waals surface area contributed by atoms with Crippen LogP contribution in [0, 0.1) is 0 Å². The molecule has 1 nitrogen and oxygen atoms in total. The normalized spacial score (nSPS) is 12.0. The summed E-state index contributed by atoms with van der Waals surface area (Å²) in [4.78, 5) is 0. The van der Waals surface area contributed by atoms with Gasteiger partial charge in [0.25, 0.3) is 0 Å². The maximum atomic E-state index is 2.52. The van der Waals surface area contributed by atoms with Crippen LogP contribution in [0.4, 0.5) is 0 Å². The van der Waals surface area contributed by atoms with E-state index in [1.54, 1.807) is 0 Å². The highest BCUT2D eigenvalue weighted by atomic mass is 32.1. The number of hydrogen-bond acceptors (Lipinski definition) is 1. The van der Waals surface area contributed by atoms with Crippen LogP contribution < -0.4 is 0 Å². The van der Waals surface area contributed by atoms with E-state index in [2.05, 4.69) is 217 Å². The van der Waals surface area contributed by atoms with Crippen LogP contribution in [0.1, 0.15) is 0 Å². The van der Waals surface area contributed by atoms with Gasteiger partial charge in [-0.25, -0.2) is 0 Å². The molecule has 0 radical (unpaired) electrons. The highest BCUT2D eigenvalue weighted by Gasteiger charge is 2.24. The molecule has 0 atom stereocenters. The van der Waals surface area contributed by atoms with E-state index >= 15 is 0 Å². The Hall–Kier alpha value is -7.52. The third-order valence-corrected chi connectivity index (χ3v) is 14.0. The quantitative estimate of drug-likeness (QED) is 0.157. The summed E-state index contributed by atoms with van der Waals surface area (Å²) in [5, 5.41) is 15.3. The molecule has 0 amide bonds. The second-order valence-electron chi connectivity index (χ2n) is 16.0. The fourth-order valence-corrected chi connectivity index (χ4v) is 11.4. The van der Waals surface area contributed by atoms with Gasteiger partial charge >= 0.3 is 0 Å². The molecule has 0 aliphatic carbocycles. The van der Waals surface area contributed by atoms with Gasteiger partial charge in [-0.3, -0.25) is 0 Å². The minimum Gasteiger partial charge on any atom is -0.309 e. The van der Waals surface area contributed by atoms with Crippen molar-refractivity contribution in [1.29, 1.82) is 0 Å². The number of fused-ring (bicyclic) bond motifs is 12. The highest BCUT2D eigenvalue weighted by Crippen LogP contribution is 2.50. The second kappa shape index (κ2) is 13.0. The van der Waals surface area contributed by atoms with E-state index < -0.39 is 0 Å². The lowest BCUT2D eigenvalue weighted by atomic mass is 9.84. The number of thiophene rings is 1. The van der Waals surface area contributed by atoms with Gasteiger partial charge in [0, 0.05) is 42.0 Å². The SMILES string of the molecule is c1ccc(-n2c3ccc4c5ccccc5sc4c3c3cc(-c4c5ccccc5c(-c5ccc(-c6ccc7ccccc7c6)cc5)c5ccccc45)c4ccccc4c32)cc1. The number of rotatable bonds is 4. The zero-order chi connectivity index (χ0) is 39.3. The Kier molecular flexibility index (Phi) is 7.24. The van der Waals surface area contributed by atoms with Crippen molar-refractivity contribution in [1.82, 2.24) is 4.57 Å². The summed E-state index contributed by atoms with van der Waals surface area (Å²) < 4.78 is 5.16. The van der Waals surface area contributed by atoms with Crippen molar-refractivity contribution in [3.8, 4) is 39.1 Å². The Morgan fingerprint density at radius 1 is 0.333 bits per heavy atom. The zero-order valence-electron chi connectivity index (χ0n) is 32.6. The Morgan fingerprint density at radius 3 is 1.63 bits per heavy atom. The number of hydrogen-bond donors (Lipinski definition) is 0. The summed E-state index contributed by atoms with van der Waals surface area (Å²) >= 11 is 1.91. The Labute approximate surface area is 350 Å². The van der Waals surface area contributed by atoms with Crippen molar-refractivity contribution in [2.75, 3.05) is 0 Å². The van der Waals surface area contributed by atoms with Gasteiger partial charge < -0.3 is 4.57 Å². The molecule has 13 aromatic rings. The number of benzene rings is 11. The van der Waals surface area contributed by atoms with Gasteiger partial charge in [-0.2, -0.15) is 0 Å². The van der Waals surface area contributed by atoms with Gasteiger partial charge in [-0.05, 0) is 107 Å². The summed E-state index contributed by atoms with van der Waals surface area (Å²) in [5.41, 5.74) is 11.1. The second-order valence-corrected chi connectivity index (χ2v) is 17.0. The van der Waals surface area contributed by atoms with Crippen molar-refractivity contribution in [2.24, 2.45) is 0 Å². The minimum absolute atomic E-state index is 1.17. The van der Waals surface area contributed by atoms with Crippen molar-refractivity contribution < 1.29 is 0 Å². The average Bonchev–Trinajstić information content (AvgIpc) is 3.87. The predicted octanol–water partition coefficient (Wildman–Crippen LogP) is 16.8. The first-order valence-corrected chi connectivity index (χ1v) is 21.5. The number of para-hydroxylation sites is 1. The van der Waals surface area contributed by atoms with Crippen molar-refractivity contribution in [2.45, 2.75) is 0 Å². The first-order valence-electron chi connectivity index (χ1n) is 20.7. The molecular weight excluding hydrogens is 743 g/mol. The molecule has 0 saturated heterocycles. The molecule has 0 unspecified atom stereocenters. The van der Waals surface area contributed by atoms with Gasteiger partial charge in [-0.1, -0.05) is 176 Å². The average molecular weight is 778 g/mol. The van der Waals surface area contributed by atoms with Gasteiger partial charge in [0.15, 0.2) is 0 Å². The van der Waals surface area contributed by atoms with Crippen LogP contribution >= 0.6 is 11.3 Å². The lowest BCUT2D eigenvalue weighted by Crippen LogP contribution is -1.95. The topological polar surface area (TPSA) is 4.93 Å². The van der Waals surface area contributed by atoms with Crippen molar-refractivity contribution >= 4 is 96.4 Å². The Bertz CT molecular complexity index is 3810. The van der Waals surface area contributed by atoms with E-state index in [1.165, 1.54) is 124 Å². The third kappa shape index (κ3) is 4.86. The fraction of sp³-hybridized carbons (Fsp3) is 0. The predicted molar refractivity (Wildman–Crippen MR) is 260 cm³/mol. The molecule has 2 heteroatoms. The summed E-state index contributed by atoms with van der Waals surface area (Å²) in [5.74, 6) is 0. The van der Waals surface area contributed by atoms with E-state index in [-0.39, 0.29) is 0 Å². The largest absolute Gasteiger partial charge is 0.309 e. The van der Waals surface area contributed by atoms with E-state index in [0.29, 0.717) is 0 Å². The molecule has 0 aliphatic rings. The minimum atomic E-state index is 1.17. The third-order valence-electron chi connectivity index (χ3n) is 12.7. The maximum Gasteiger partial charge on any atom is 0.0620 e. The number of aromatic nitrogens is 1. The molecule has 11 aromatic carbocycles. The van der Waals surface area contributed by atoms with Gasteiger partial charge in [0.05, 0.1) is 11.0 Å². The maximum absolute atomic E-state index is 2.52. The molecule has 0 saturated carbocycles. The Morgan fingerprint density at radius 2 is 0.900 bits per heavy atom.